The van der Waals surface area contributed by atoms with E-state index >= 15 is 0 Å². The Morgan fingerprint density at radius 3 is 2.01 bits per heavy atom. The second kappa shape index (κ2) is 29.3. The molecule has 4 rings (SSSR count). The van der Waals surface area contributed by atoms with Gasteiger partial charge in [0.2, 0.25) is 59.1 Å². The Morgan fingerprint density at radius 2 is 1.38 bits per heavy atom. The molecule has 0 spiro atoms. The molecule has 25 nitrogen and oxygen atoms in total. The average Bonchev–Trinajstić information content (AvgIpc) is 3.83. The fourth-order valence-corrected chi connectivity index (χ4v) is 9.81. The molecule has 18 N–H and O–H groups in total. The van der Waals surface area contributed by atoms with E-state index < -0.39 is 114 Å². The van der Waals surface area contributed by atoms with Crippen molar-refractivity contribution in [2.75, 3.05) is 37.7 Å². The van der Waals surface area contributed by atoms with Crippen LogP contribution in [0.25, 0.3) is 0 Å². The Bertz CT molecular complexity index is 2270. The maximum absolute atomic E-state index is 14.5. The summed E-state index contributed by atoms with van der Waals surface area (Å²) in [5, 5.41) is 28.0. The molecule has 2 fully saturated rings. The van der Waals surface area contributed by atoms with Gasteiger partial charge >= 0.3 is 0 Å². The molecule has 27 heteroatoms. The Morgan fingerprint density at radius 1 is 0.764 bits per heavy atom. The summed E-state index contributed by atoms with van der Waals surface area (Å²) in [6.07, 6.45) is -0.380. The van der Waals surface area contributed by atoms with Crippen molar-refractivity contribution in [1.82, 2.24) is 42.1 Å². The molecule has 0 aromatic heterocycles. The minimum Gasteiger partial charge on any atom is -0.508 e. The summed E-state index contributed by atoms with van der Waals surface area (Å²) in [5.74, 6) is -8.33. The molecule has 0 bridgehead atoms. The highest BCUT2D eigenvalue weighted by molar-refractivity contribution is 8.76. The minimum atomic E-state index is -1.69. The lowest BCUT2D eigenvalue weighted by Gasteiger charge is -2.31. The topological polar surface area (TPSA) is 421 Å². The van der Waals surface area contributed by atoms with Crippen LogP contribution < -0.4 is 65.9 Å². The smallest absolute Gasteiger partial charge is 0.246 e. The summed E-state index contributed by atoms with van der Waals surface area (Å²) in [6.45, 7) is -0.492. The Kier molecular flexibility index (Phi) is 23.4. The third-order valence-corrected chi connectivity index (χ3v) is 13.7. The first-order valence-electron chi connectivity index (χ1n) is 23.1. The first kappa shape index (κ1) is 57.4. The number of rotatable bonds is 18. The van der Waals surface area contributed by atoms with Crippen molar-refractivity contribution in [2.24, 2.45) is 33.7 Å². The summed E-state index contributed by atoms with van der Waals surface area (Å²) >= 11 is 0. The zero-order valence-electron chi connectivity index (χ0n) is 39.5. The third kappa shape index (κ3) is 19.2. The van der Waals surface area contributed by atoms with E-state index in [9.17, 15) is 53.1 Å². The van der Waals surface area contributed by atoms with E-state index in [-0.39, 0.29) is 87.8 Å². The highest BCUT2D eigenvalue weighted by atomic mass is 33.1. The molecule has 2 saturated heterocycles. The Balaban J connectivity index is 1.65. The molecular weight excluding hydrogens is 977 g/mol. The van der Waals surface area contributed by atoms with Gasteiger partial charge in [0.1, 0.15) is 48.0 Å². The number of amides is 10. The molecule has 2 aromatic rings. The van der Waals surface area contributed by atoms with E-state index in [4.69, 9.17) is 28.7 Å². The van der Waals surface area contributed by atoms with Crippen LogP contribution in [0.15, 0.2) is 59.6 Å². The molecule has 2 aliphatic heterocycles. The van der Waals surface area contributed by atoms with Crippen molar-refractivity contribution in [3.8, 4) is 5.75 Å². The predicted molar refractivity (Wildman–Crippen MR) is 267 cm³/mol. The quantitative estimate of drug-likeness (QED) is 0.0291. The molecule has 392 valence electrons. The molecule has 2 aromatic carbocycles. The van der Waals surface area contributed by atoms with E-state index in [1.807, 2.05) is 0 Å². The predicted octanol–water partition coefficient (Wildman–Crippen LogP) is -4.26. The van der Waals surface area contributed by atoms with Crippen molar-refractivity contribution in [3.63, 3.8) is 0 Å². The molecule has 0 radical (unpaired) electrons. The molecular formula is C45H64N14O11S2. The maximum atomic E-state index is 14.5. The molecule has 10 amide bonds. The minimum absolute atomic E-state index is 0.0221. The second-order valence-corrected chi connectivity index (χ2v) is 19.5. The lowest BCUT2D eigenvalue weighted by atomic mass is 10.0. The van der Waals surface area contributed by atoms with Gasteiger partial charge in [0.25, 0.3) is 0 Å². The fraction of sp³-hybridized carbons (Fsp3) is 0.489. The summed E-state index contributed by atoms with van der Waals surface area (Å²) in [7, 11) is 2.24. The van der Waals surface area contributed by atoms with E-state index in [0.717, 1.165) is 21.6 Å². The summed E-state index contributed by atoms with van der Waals surface area (Å²) in [6, 6.07) is 5.24. The van der Waals surface area contributed by atoms with Crippen LogP contribution in [0, 0.1) is 0 Å². The van der Waals surface area contributed by atoms with Gasteiger partial charge in [-0.2, -0.15) is 0 Å². The normalized spacial score (nSPS) is 22.1. The van der Waals surface area contributed by atoms with Gasteiger partial charge in [-0.25, -0.2) is 0 Å². The number of carbonyl (C=O) groups excluding carboxylic acids is 10. The first-order chi connectivity index (χ1) is 34.3. The van der Waals surface area contributed by atoms with Crippen LogP contribution in [-0.2, 0) is 60.8 Å². The number of phenols is 1. The summed E-state index contributed by atoms with van der Waals surface area (Å²) < 4.78 is 0. The maximum Gasteiger partial charge on any atom is 0.246 e. The number of hydrogen-bond donors (Lipinski definition) is 13. The molecule has 72 heavy (non-hydrogen) atoms. The largest absolute Gasteiger partial charge is 0.508 e. The van der Waals surface area contributed by atoms with Crippen molar-refractivity contribution >= 4 is 86.6 Å². The van der Waals surface area contributed by atoms with Crippen molar-refractivity contribution in [2.45, 2.75) is 100 Å². The zero-order valence-corrected chi connectivity index (χ0v) is 41.1. The van der Waals surface area contributed by atoms with Crippen LogP contribution in [-0.4, -0.2) is 155 Å². The SMILES string of the molecule is NCC[C@@H]1NC(=O)[C@H](Cc2ccccc2)NC(=O)[C@H](Cc2ccc(O)cc2)NC(=O)CCSSC[C@@H](C(=O)N2CCC[C@H]2C(=O)N[C@@H](CCCN=C(N)N)C(=O)NCC(N)=O)NC(=O)[C@H](CC(N)=O)NC1=O. The first-order valence-corrected chi connectivity index (χ1v) is 25.6. The Hall–Kier alpha value is -7.13. The van der Waals surface area contributed by atoms with E-state index in [0.29, 0.717) is 17.5 Å². The van der Waals surface area contributed by atoms with Gasteiger partial charge in [0.05, 0.1) is 13.0 Å². The lowest BCUT2D eigenvalue weighted by molar-refractivity contribution is -0.142. The Labute approximate surface area is 423 Å². The van der Waals surface area contributed by atoms with Crippen molar-refractivity contribution < 1.29 is 53.1 Å². The van der Waals surface area contributed by atoms with Crippen LogP contribution in [0.5, 0.6) is 5.75 Å². The highest BCUT2D eigenvalue weighted by Crippen LogP contribution is 2.26. The van der Waals surface area contributed by atoms with Gasteiger partial charge in [0.15, 0.2) is 5.96 Å². The van der Waals surface area contributed by atoms with Gasteiger partial charge in [-0.15, -0.1) is 0 Å². The molecule has 0 aliphatic carbocycles. The van der Waals surface area contributed by atoms with Gasteiger partial charge < -0.3 is 75.9 Å². The molecule has 0 saturated carbocycles. The number of hydrogen-bond acceptors (Lipinski definition) is 15. The number of likely N-dealkylation sites (tertiary alicyclic amines) is 1. The number of guanidine groups is 1. The second-order valence-electron chi connectivity index (χ2n) is 16.9. The number of nitrogens with two attached hydrogens (primary N) is 5. The number of primary amides is 2. The van der Waals surface area contributed by atoms with Gasteiger partial charge in [-0.3, -0.25) is 52.9 Å². The van der Waals surface area contributed by atoms with Gasteiger partial charge in [0, 0.05) is 43.9 Å². The monoisotopic (exact) mass is 1040 g/mol. The molecule has 7 atom stereocenters. The number of aromatic hydroxyl groups is 1. The van der Waals surface area contributed by atoms with Crippen LogP contribution in [0.4, 0.5) is 0 Å². The summed E-state index contributed by atoms with van der Waals surface area (Å²) in [5.41, 5.74) is 28.6. The number of aliphatic imine (C=N–C) groups is 1. The van der Waals surface area contributed by atoms with Crippen LogP contribution >= 0.6 is 21.6 Å². The average molecular weight is 1040 g/mol. The summed E-state index contributed by atoms with van der Waals surface area (Å²) in [4.78, 5) is 140. The van der Waals surface area contributed by atoms with Crippen molar-refractivity contribution in [3.05, 3.63) is 65.7 Å². The van der Waals surface area contributed by atoms with Gasteiger partial charge in [-0.05, 0) is 61.9 Å². The third-order valence-electron chi connectivity index (χ3n) is 11.3. The number of carbonyl (C=O) groups is 10. The highest BCUT2D eigenvalue weighted by Gasteiger charge is 2.40. The zero-order chi connectivity index (χ0) is 52.7. The fourth-order valence-electron chi connectivity index (χ4n) is 7.66. The van der Waals surface area contributed by atoms with Gasteiger partial charge in [-0.1, -0.05) is 64.1 Å². The molecule has 2 aliphatic rings. The lowest BCUT2D eigenvalue weighted by Crippen LogP contribution is -2.61. The number of benzene rings is 2. The van der Waals surface area contributed by atoms with Crippen molar-refractivity contribution in [1.29, 1.82) is 0 Å². The van der Waals surface area contributed by atoms with E-state index in [1.165, 1.54) is 17.0 Å². The molecule has 0 unspecified atom stereocenters. The van der Waals surface area contributed by atoms with E-state index in [1.54, 1.807) is 42.5 Å². The molecule has 2 heterocycles. The number of phenolic OH excluding ortho intramolecular Hbond substituents is 1. The van der Waals surface area contributed by atoms with Crippen LogP contribution in [0.3, 0.4) is 0 Å². The van der Waals surface area contributed by atoms with Crippen LogP contribution in [0.1, 0.15) is 56.1 Å². The van der Waals surface area contributed by atoms with Crippen LogP contribution in [0.2, 0.25) is 0 Å². The standard InChI is InChI=1S/C45H64N14O11S2/c46-16-14-29-39(65)57-32(22-35(47)61)42(68)58-33(44(70)59-18-5-9-34(59)43(69)55-28(8-4-17-51-45(49)50)38(64)52-23-36(48)62)24-72-71-19-15-37(63)53-30(21-26-10-12-27(60)13-11-26)40(66)56-31(41(67)54-29)20-25-6-2-1-3-7-25/h1-3,6-7,10-13,28-34,60H,4-5,8-9,14-24,46H2,(H2,47,61)(H2,48,62)(H,52,64)(H,53,63)(H,54,67)(H,55,69)(H,56,66)(H,57,65)(H,58,68)(H4,49,50,51)/t28-,29-,30-,31-,32-,33-,34-/m0/s1. The number of nitrogens with one attached hydrogen (secondary N) is 7. The van der Waals surface area contributed by atoms with E-state index in [2.05, 4.69) is 42.2 Å². The number of nitrogens with zero attached hydrogens (tertiary/aromatic N) is 2.